The second-order valence-corrected chi connectivity index (χ2v) is 5.99. The lowest BCUT2D eigenvalue weighted by Crippen LogP contribution is -2.40. The number of rotatable bonds is 8. The summed E-state index contributed by atoms with van der Waals surface area (Å²) in [5.74, 6) is 0. The van der Waals surface area contributed by atoms with Gasteiger partial charge in [-0.2, -0.15) is 0 Å². The van der Waals surface area contributed by atoms with Crippen molar-refractivity contribution in [2.75, 3.05) is 13.1 Å². The van der Waals surface area contributed by atoms with E-state index in [-0.39, 0.29) is 0 Å². The smallest absolute Gasteiger partial charge is 0.207 e. The van der Waals surface area contributed by atoms with Gasteiger partial charge in [0.2, 0.25) is 6.41 Å². The summed E-state index contributed by atoms with van der Waals surface area (Å²) in [4.78, 5) is 13.2. The van der Waals surface area contributed by atoms with E-state index < -0.39 is 0 Å². The molecule has 0 saturated heterocycles. The molecular weight excluding hydrogens is 260 g/mol. The minimum Gasteiger partial charge on any atom is -0.355 e. The van der Waals surface area contributed by atoms with Crippen LogP contribution in [0.1, 0.15) is 49.8 Å². The van der Waals surface area contributed by atoms with Gasteiger partial charge in [0.15, 0.2) is 0 Å². The number of carbonyl (C=O) groups is 1. The average molecular weight is 288 g/mol. The molecule has 21 heavy (non-hydrogen) atoms. The van der Waals surface area contributed by atoms with Crippen LogP contribution in [0.5, 0.6) is 0 Å². The van der Waals surface area contributed by atoms with Crippen LogP contribution in [0.15, 0.2) is 18.2 Å². The van der Waals surface area contributed by atoms with Gasteiger partial charge >= 0.3 is 0 Å². The van der Waals surface area contributed by atoms with Gasteiger partial charge in [-0.1, -0.05) is 32.0 Å². The number of hydrogen-bond acceptors (Lipinski definition) is 2. The number of benzene rings is 1. The summed E-state index contributed by atoms with van der Waals surface area (Å²) in [5, 5.41) is 2.81. The Labute approximate surface area is 128 Å². The molecular formula is C18H28N2O. The topological polar surface area (TPSA) is 32.3 Å². The third kappa shape index (κ3) is 4.07. The summed E-state index contributed by atoms with van der Waals surface area (Å²) in [5.41, 5.74) is 4.24. The molecule has 1 atom stereocenters. The van der Waals surface area contributed by atoms with Crippen LogP contribution in [-0.2, 0) is 24.2 Å². The van der Waals surface area contributed by atoms with Crippen molar-refractivity contribution in [3.63, 3.8) is 0 Å². The van der Waals surface area contributed by atoms with Crippen LogP contribution < -0.4 is 5.32 Å². The van der Waals surface area contributed by atoms with E-state index in [1.165, 1.54) is 55.5 Å². The van der Waals surface area contributed by atoms with E-state index in [9.17, 15) is 4.79 Å². The first-order valence-electron chi connectivity index (χ1n) is 8.30. The maximum absolute atomic E-state index is 10.6. The van der Waals surface area contributed by atoms with Gasteiger partial charge in [0.1, 0.15) is 0 Å². The first kappa shape index (κ1) is 16.0. The van der Waals surface area contributed by atoms with Crippen LogP contribution in [0.4, 0.5) is 0 Å². The lowest BCUT2D eigenvalue weighted by atomic mass is 9.84. The molecule has 0 spiro atoms. The highest BCUT2D eigenvalue weighted by atomic mass is 16.1. The van der Waals surface area contributed by atoms with Gasteiger partial charge in [-0.05, 0) is 61.9 Å². The highest BCUT2D eigenvalue weighted by Crippen LogP contribution is 2.27. The minimum absolute atomic E-state index is 0.654. The van der Waals surface area contributed by atoms with Crippen molar-refractivity contribution in [2.45, 2.75) is 58.5 Å². The van der Waals surface area contributed by atoms with Crippen LogP contribution in [-0.4, -0.2) is 30.4 Å². The number of aryl methyl sites for hydroxylation is 1. The van der Waals surface area contributed by atoms with Gasteiger partial charge in [-0.25, -0.2) is 0 Å². The van der Waals surface area contributed by atoms with Crippen LogP contribution >= 0.6 is 0 Å². The van der Waals surface area contributed by atoms with Crippen molar-refractivity contribution in [1.82, 2.24) is 10.2 Å². The van der Waals surface area contributed by atoms with Gasteiger partial charge in [0.05, 0.1) is 0 Å². The van der Waals surface area contributed by atoms with Crippen molar-refractivity contribution < 1.29 is 4.79 Å². The summed E-state index contributed by atoms with van der Waals surface area (Å²) in [6, 6.07) is 7.19. The predicted octanol–water partition coefficient (Wildman–Crippen LogP) is 2.91. The Morgan fingerprint density at radius 2 is 2.05 bits per heavy atom. The molecule has 0 heterocycles. The SMILES string of the molecule is CCCN(CCC)C1CCc2cccc(CNC=O)c2C1. The molecule has 116 valence electrons. The maximum atomic E-state index is 10.6. The van der Waals surface area contributed by atoms with E-state index in [4.69, 9.17) is 0 Å². The zero-order valence-corrected chi connectivity index (χ0v) is 13.4. The maximum Gasteiger partial charge on any atom is 0.207 e. The van der Waals surface area contributed by atoms with Crippen LogP contribution in [0, 0.1) is 0 Å². The van der Waals surface area contributed by atoms with Gasteiger partial charge in [-0.3, -0.25) is 4.79 Å². The van der Waals surface area contributed by atoms with Crippen LogP contribution in [0.3, 0.4) is 0 Å². The third-order valence-electron chi connectivity index (χ3n) is 4.47. The number of fused-ring (bicyclic) bond motifs is 1. The second kappa shape index (κ2) is 8.18. The van der Waals surface area contributed by atoms with Crippen molar-refractivity contribution in [1.29, 1.82) is 0 Å². The molecule has 2 rings (SSSR count). The minimum atomic E-state index is 0.654. The molecule has 1 aromatic rings. The standard InChI is InChI=1S/C18H28N2O/c1-3-10-20(11-4-2)17-9-8-15-6-5-7-16(13-19-14-21)18(15)12-17/h5-7,14,17H,3-4,8-13H2,1-2H3,(H,19,21). The number of amides is 1. The number of nitrogens with zero attached hydrogens (tertiary/aromatic N) is 1. The molecule has 0 fully saturated rings. The largest absolute Gasteiger partial charge is 0.355 e. The molecule has 0 aromatic heterocycles. The fraction of sp³-hybridized carbons (Fsp3) is 0.611. The molecule has 0 radical (unpaired) electrons. The second-order valence-electron chi connectivity index (χ2n) is 5.99. The summed E-state index contributed by atoms with van der Waals surface area (Å²) < 4.78 is 0. The van der Waals surface area contributed by atoms with E-state index in [0.717, 1.165) is 12.8 Å². The predicted molar refractivity (Wildman–Crippen MR) is 87.3 cm³/mol. The molecule has 0 bridgehead atoms. The Bertz CT molecular complexity index is 453. The molecule has 1 aliphatic carbocycles. The Kier molecular flexibility index (Phi) is 6.24. The molecule has 1 unspecified atom stereocenters. The fourth-order valence-corrected chi connectivity index (χ4v) is 3.52. The monoisotopic (exact) mass is 288 g/mol. The quantitative estimate of drug-likeness (QED) is 0.746. The Hall–Kier alpha value is -1.35. The van der Waals surface area contributed by atoms with Crippen LogP contribution in [0.2, 0.25) is 0 Å². The van der Waals surface area contributed by atoms with E-state index in [0.29, 0.717) is 12.6 Å². The zero-order chi connectivity index (χ0) is 15.1. The van der Waals surface area contributed by atoms with Gasteiger partial charge in [0.25, 0.3) is 0 Å². The van der Waals surface area contributed by atoms with E-state index in [1.807, 2.05) is 0 Å². The van der Waals surface area contributed by atoms with Crippen LogP contribution in [0.25, 0.3) is 0 Å². The van der Waals surface area contributed by atoms with E-state index in [1.54, 1.807) is 0 Å². The Morgan fingerprint density at radius 3 is 2.71 bits per heavy atom. The van der Waals surface area contributed by atoms with E-state index in [2.05, 4.69) is 42.3 Å². The summed E-state index contributed by atoms with van der Waals surface area (Å²) >= 11 is 0. The molecule has 1 amide bonds. The van der Waals surface area contributed by atoms with Gasteiger partial charge in [-0.15, -0.1) is 0 Å². The molecule has 0 aliphatic heterocycles. The van der Waals surface area contributed by atoms with Gasteiger partial charge in [0, 0.05) is 12.6 Å². The first-order chi connectivity index (χ1) is 10.3. The fourth-order valence-electron chi connectivity index (χ4n) is 3.52. The third-order valence-corrected chi connectivity index (χ3v) is 4.47. The molecule has 1 aromatic carbocycles. The lowest BCUT2D eigenvalue weighted by molar-refractivity contribution is -0.109. The summed E-state index contributed by atoms with van der Waals surface area (Å²) in [6.07, 6.45) is 6.79. The molecule has 3 heteroatoms. The zero-order valence-electron chi connectivity index (χ0n) is 13.4. The van der Waals surface area contributed by atoms with Crippen molar-refractivity contribution in [3.05, 3.63) is 34.9 Å². The van der Waals surface area contributed by atoms with Crippen molar-refractivity contribution >= 4 is 6.41 Å². The van der Waals surface area contributed by atoms with Gasteiger partial charge < -0.3 is 10.2 Å². The van der Waals surface area contributed by atoms with E-state index >= 15 is 0 Å². The highest BCUT2D eigenvalue weighted by molar-refractivity contribution is 5.47. The van der Waals surface area contributed by atoms with Crippen molar-refractivity contribution in [2.24, 2.45) is 0 Å². The molecule has 1 aliphatic rings. The number of hydrogen-bond donors (Lipinski definition) is 1. The molecule has 0 saturated carbocycles. The summed E-state index contributed by atoms with van der Waals surface area (Å²) in [7, 11) is 0. The normalized spacial score (nSPS) is 17.6. The Balaban J connectivity index is 2.15. The molecule has 1 N–H and O–H groups in total. The van der Waals surface area contributed by atoms with Crippen molar-refractivity contribution in [3.8, 4) is 0 Å². The molecule has 3 nitrogen and oxygen atoms in total. The lowest BCUT2D eigenvalue weighted by Gasteiger charge is -2.35. The summed E-state index contributed by atoms with van der Waals surface area (Å²) in [6.45, 7) is 7.57. The first-order valence-corrected chi connectivity index (χ1v) is 8.30. The number of carbonyl (C=O) groups excluding carboxylic acids is 1. The Morgan fingerprint density at radius 1 is 1.29 bits per heavy atom. The average Bonchev–Trinajstić information content (AvgIpc) is 2.52. The number of nitrogens with one attached hydrogen (secondary N) is 1. The highest BCUT2D eigenvalue weighted by Gasteiger charge is 2.24.